The number of benzene rings is 2. The predicted molar refractivity (Wildman–Crippen MR) is 77.3 cm³/mol. The average molecular weight is 270 g/mol. The Balaban J connectivity index is 2.11. The zero-order valence-electron chi connectivity index (χ0n) is 11.2. The summed E-state index contributed by atoms with van der Waals surface area (Å²) >= 11 is 0. The van der Waals surface area contributed by atoms with Crippen LogP contribution >= 0.6 is 0 Å². The van der Waals surface area contributed by atoms with Crippen LogP contribution in [-0.2, 0) is 17.6 Å². The molecule has 0 bridgehead atoms. The summed E-state index contributed by atoms with van der Waals surface area (Å²) in [6, 6.07) is 18.4. The molecule has 0 aliphatic carbocycles. The Kier molecular flexibility index (Phi) is 4.66. The van der Waals surface area contributed by atoms with Crippen molar-refractivity contribution in [2.45, 2.75) is 18.4 Å². The summed E-state index contributed by atoms with van der Waals surface area (Å²) in [6.45, 7) is -0.576. The smallest absolute Gasteiger partial charge is 0.171 e. The Morgan fingerprint density at radius 3 is 1.90 bits per heavy atom. The normalized spacial score (nSPS) is 13.7. The average Bonchev–Trinajstić information content (AvgIpc) is 2.49. The molecule has 0 amide bonds. The second kappa shape index (κ2) is 6.46. The van der Waals surface area contributed by atoms with Gasteiger partial charge in [0, 0.05) is 12.8 Å². The molecule has 0 spiro atoms. The molecule has 2 rings (SSSR count). The van der Waals surface area contributed by atoms with Gasteiger partial charge in [-0.2, -0.15) is 0 Å². The van der Waals surface area contributed by atoms with Gasteiger partial charge in [0.15, 0.2) is 5.78 Å². The standard InChI is InChI=1S/C17H18O3/c18-13-17(20,12-15-9-5-2-6-10-15)16(19)11-14-7-3-1-4-8-14/h1-10,18,20H,11-13H2. The molecule has 2 N–H and O–H groups in total. The van der Waals surface area contributed by atoms with E-state index in [2.05, 4.69) is 0 Å². The number of aliphatic hydroxyl groups excluding tert-OH is 1. The van der Waals surface area contributed by atoms with Gasteiger partial charge in [0.05, 0.1) is 6.61 Å². The number of hydrogen-bond acceptors (Lipinski definition) is 3. The molecule has 1 atom stereocenters. The van der Waals surface area contributed by atoms with Crippen LogP contribution in [0.25, 0.3) is 0 Å². The van der Waals surface area contributed by atoms with Gasteiger partial charge in [0.2, 0.25) is 0 Å². The van der Waals surface area contributed by atoms with Gasteiger partial charge in [-0.15, -0.1) is 0 Å². The zero-order chi connectivity index (χ0) is 14.4. The first-order valence-corrected chi connectivity index (χ1v) is 6.58. The molecule has 20 heavy (non-hydrogen) atoms. The van der Waals surface area contributed by atoms with Gasteiger partial charge in [-0.05, 0) is 11.1 Å². The Labute approximate surface area is 118 Å². The van der Waals surface area contributed by atoms with E-state index in [0.717, 1.165) is 11.1 Å². The van der Waals surface area contributed by atoms with Gasteiger partial charge in [-0.3, -0.25) is 4.79 Å². The molecule has 0 aliphatic rings. The lowest BCUT2D eigenvalue weighted by Gasteiger charge is -2.24. The highest BCUT2D eigenvalue weighted by Gasteiger charge is 2.34. The fourth-order valence-corrected chi connectivity index (χ4v) is 2.12. The molecule has 3 nitrogen and oxygen atoms in total. The summed E-state index contributed by atoms with van der Waals surface area (Å²) in [5.74, 6) is -0.366. The Morgan fingerprint density at radius 2 is 1.40 bits per heavy atom. The topological polar surface area (TPSA) is 57.5 Å². The predicted octanol–water partition coefficient (Wildman–Crippen LogP) is 1.76. The monoisotopic (exact) mass is 270 g/mol. The van der Waals surface area contributed by atoms with Crippen molar-refractivity contribution in [3.05, 3.63) is 71.8 Å². The van der Waals surface area contributed by atoms with Crippen LogP contribution in [0.15, 0.2) is 60.7 Å². The van der Waals surface area contributed by atoms with Crippen LogP contribution in [-0.4, -0.2) is 28.2 Å². The molecule has 1 unspecified atom stereocenters. The van der Waals surface area contributed by atoms with E-state index in [-0.39, 0.29) is 18.6 Å². The first-order valence-electron chi connectivity index (χ1n) is 6.58. The third-order valence-corrected chi connectivity index (χ3v) is 3.33. The quantitative estimate of drug-likeness (QED) is 0.841. The van der Waals surface area contributed by atoms with Crippen molar-refractivity contribution in [2.75, 3.05) is 6.61 Å². The second-order valence-corrected chi connectivity index (χ2v) is 4.94. The van der Waals surface area contributed by atoms with Crippen LogP contribution in [0, 0.1) is 0 Å². The number of carbonyl (C=O) groups excluding carboxylic acids is 1. The van der Waals surface area contributed by atoms with E-state index >= 15 is 0 Å². The maximum Gasteiger partial charge on any atom is 0.171 e. The van der Waals surface area contributed by atoms with Crippen LogP contribution in [0.1, 0.15) is 11.1 Å². The Bertz CT molecular complexity index is 551. The largest absolute Gasteiger partial charge is 0.393 e. The summed E-state index contributed by atoms with van der Waals surface area (Å²) in [4.78, 5) is 12.3. The molecule has 0 radical (unpaired) electrons. The number of aliphatic hydroxyl groups is 2. The lowest BCUT2D eigenvalue weighted by Crippen LogP contribution is -2.45. The van der Waals surface area contributed by atoms with Crippen molar-refractivity contribution >= 4 is 5.78 Å². The van der Waals surface area contributed by atoms with Crippen molar-refractivity contribution in [1.29, 1.82) is 0 Å². The fraction of sp³-hybridized carbons (Fsp3) is 0.235. The minimum absolute atomic E-state index is 0.116. The highest BCUT2D eigenvalue weighted by atomic mass is 16.3. The highest BCUT2D eigenvalue weighted by Crippen LogP contribution is 2.17. The summed E-state index contributed by atoms with van der Waals surface area (Å²) in [5.41, 5.74) is -0.0695. The van der Waals surface area contributed by atoms with E-state index in [0.29, 0.717) is 0 Å². The van der Waals surface area contributed by atoms with Gasteiger partial charge in [0.1, 0.15) is 5.60 Å². The van der Waals surface area contributed by atoms with Gasteiger partial charge in [-0.25, -0.2) is 0 Å². The van der Waals surface area contributed by atoms with Crippen LogP contribution in [0.2, 0.25) is 0 Å². The molecule has 0 aliphatic heterocycles. The molecular formula is C17H18O3. The lowest BCUT2D eigenvalue weighted by atomic mass is 9.88. The van der Waals surface area contributed by atoms with Crippen LogP contribution in [0.3, 0.4) is 0 Å². The molecule has 0 fully saturated rings. The molecule has 2 aromatic carbocycles. The summed E-state index contributed by atoms with van der Waals surface area (Å²) < 4.78 is 0. The van der Waals surface area contributed by atoms with E-state index in [1.54, 1.807) is 0 Å². The third kappa shape index (κ3) is 3.53. The van der Waals surface area contributed by atoms with Crippen molar-refractivity contribution in [2.24, 2.45) is 0 Å². The Hall–Kier alpha value is -1.97. The van der Waals surface area contributed by atoms with Crippen LogP contribution < -0.4 is 0 Å². The van der Waals surface area contributed by atoms with Gasteiger partial charge in [0.25, 0.3) is 0 Å². The van der Waals surface area contributed by atoms with Crippen LogP contribution in [0.5, 0.6) is 0 Å². The van der Waals surface area contributed by atoms with Crippen molar-refractivity contribution < 1.29 is 15.0 Å². The van der Waals surface area contributed by atoms with Crippen LogP contribution in [0.4, 0.5) is 0 Å². The van der Waals surface area contributed by atoms with E-state index in [4.69, 9.17) is 0 Å². The second-order valence-electron chi connectivity index (χ2n) is 4.94. The van der Waals surface area contributed by atoms with E-state index < -0.39 is 12.2 Å². The van der Waals surface area contributed by atoms with Gasteiger partial charge >= 0.3 is 0 Å². The molecule has 0 aromatic heterocycles. The zero-order valence-corrected chi connectivity index (χ0v) is 11.2. The van der Waals surface area contributed by atoms with E-state index in [9.17, 15) is 15.0 Å². The lowest BCUT2D eigenvalue weighted by molar-refractivity contribution is -0.140. The number of rotatable bonds is 6. The highest BCUT2D eigenvalue weighted by molar-refractivity contribution is 5.89. The van der Waals surface area contributed by atoms with Crippen molar-refractivity contribution in [3.8, 4) is 0 Å². The fourth-order valence-electron chi connectivity index (χ4n) is 2.12. The summed E-state index contributed by atoms with van der Waals surface area (Å²) in [5, 5.41) is 19.8. The summed E-state index contributed by atoms with van der Waals surface area (Å²) in [6.07, 6.45) is 0.237. The molecular weight excluding hydrogens is 252 g/mol. The molecule has 0 heterocycles. The molecule has 3 heteroatoms. The molecule has 0 saturated carbocycles. The number of carbonyl (C=O) groups is 1. The molecule has 2 aromatic rings. The van der Waals surface area contributed by atoms with Crippen molar-refractivity contribution in [1.82, 2.24) is 0 Å². The first kappa shape index (κ1) is 14.4. The van der Waals surface area contributed by atoms with Gasteiger partial charge < -0.3 is 10.2 Å². The van der Waals surface area contributed by atoms with E-state index in [1.807, 2.05) is 60.7 Å². The number of Topliss-reactive ketones (excluding diaryl/α,β-unsaturated/α-hetero) is 1. The van der Waals surface area contributed by atoms with Crippen molar-refractivity contribution in [3.63, 3.8) is 0 Å². The maximum atomic E-state index is 12.3. The maximum absolute atomic E-state index is 12.3. The number of ketones is 1. The summed E-state index contributed by atoms with van der Waals surface area (Å²) in [7, 11) is 0. The number of hydrogen-bond donors (Lipinski definition) is 2. The minimum Gasteiger partial charge on any atom is -0.393 e. The Morgan fingerprint density at radius 1 is 0.900 bits per heavy atom. The molecule has 104 valence electrons. The molecule has 0 saturated heterocycles. The minimum atomic E-state index is -1.73. The third-order valence-electron chi connectivity index (χ3n) is 3.33. The first-order chi connectivity index (χ1) is 9.64. The van der Waals surface area contributed by atoms with E-state index in [1.165, 1.54) is 0 Å². The van der Waals surface area contributed by atoms with Gasteiger partial charge in [-0.1, -0.05) is 60.7 Å². The SMILES string of the molecule is O=C(Cc1ccccc1)C(O)(CO)Cc1ccccc1.